The number of nitrogen functional groups attached to an aromatic ring is 1. The first-order valence-electron chi connectivity index (χ1n) is 4.93. The monoisotopic (exact) mass is 210 g/mol. The van der Waals surface area contributed by atoms with Gasteiger partial charge in [-0.05, 0) is 12.8 Å². The SMILES string of the molecule is COC(c1nc(C)cc(NN)n1)C(C)C. The van der Waals surface area contributed by atoms with Crippen LogP contribution in [0.1, 0.15) is 31.5 Å². The molecule has 0 saturated heterocycles. The van der Waals surface area contributed by atoms with E-state index in [4.69, 9.17) is 10.6 Å². The Kier molecular flexibility index (Phi) is 3.99. The number of methoxy groups -OCH3 is 1. The molecule has 5 nitrogen and oxygen atoms in total. The zero-order valence-corrected chi connectivity index (χ0v) is 9.61. The lowest BCUT2D eigenvalue weighted by Gasteiger charge is -2.18. The van der Waals surface area contributed by atoms with E-state index >= 15 is 0 Å². The Morgan fingerprint density at radius 2 is 2.07 bits per heavy atom. The van der Waals surface area contributed by atoms with Crippen LogP contribution >= 0.6 is 0 Å². The van der Waals surface area contributed by atoms with E-state index in [2.05, 4.69) is 29.2 Å². The Balaban J connectivity index is 3.06. The van der Waals surface area contributed by atoms with Crippen LogP contribution in [0.3, 0.4) is 0 Å². The Bertz CT molecular complexity index is 327. The number of anilines is 1. The number of aromatic nitrogens is 2. The summed E-state index contributed by atoms with van der Waals surface area (Å²) >= 11 is 0. The number of aryl methyl sites for hydroxylation is 1. The quantitative estimate of drug-likeness (QED) is 0.580. The number of hydrogen-bond acceptors (Lipinski definition) is 5. The van der Waals surface area contributed by atoms with Crippen molar-refractivity contribution in [1.29, 1.82) is 0 Å². The number of hydrazine groups is 1. The Morgan fingerprint density at radius 1 is 1.40 bits per heavy atom. The lowest BCUT2D eigenvalue weighted by Crippen LogP contribution is -2.16. The van der Waals surface area contributed by atoms with E-state index in [0.717, 1.165) is 5.69 Å². The fraction of sp³-hybridized carbons (Fsp3) is 0.600. The highest BCUT2D eigenvalue weighted by atomic mass is 16.5. The van der Waals surface area contributed by atoms with Gasteiger partial charge in [-0.15, -0.1) is 0 Å². The number of hydrogen-bond donors (Lipinski definition) is 2. The molecule has 84 valence electrons. The summed E-state index contributed by atoms with van der Waals surface area (Å²) < 4.78 is 5.36. The Morgan fingerprint density at radius 3 is 2.53 bits per heavy atom. The predicted octanol–water partition coefficient (Wildman–Crippen LogP) is 1.41. The van der Waals surface area contributed by atoms with Crippen molar-refractivity contribution in [3.05, 3.63) is 17.6 Å². The van der Waals surface area contributed by atoms with Gasteiger partial charge in [0.1, 0.15) is 11.9 Å². The predicted molar refractivity (Wildman–Crippen MR) is 59.2 cm³/mol. The largest absolute Gasteiger partial charge is 0.373 e. The molecule has 0 aliphatic carbocycles. The summed E-state index contributed by atoms with van der Waals surface area (Å²) in [5.74, 6) is 6.92. The van der Waals surface area contributed by atoms with Crippen molar-refractivity contribution in [2.24, 2.45) is 11.8 Å². The maximum absolute atomic E-state index is 5.36. The second kappa shape index (κ2) is 5.04. The van der Waals surface area contributed by atoms with Crippen molar-refractivity contribution in [3.63, 3.8) is 0 Å². The van der Waals surface area contributed by atoms with Gasteiger partial charge in [0.2, 0.25) is 0 Å². The van der Waals surface area contributed by atoms with E-state index in [1.165, 1.54) is 0 Å². The van der Waals surface area contributed by atoms with Gasteiger partial charge in [0, 0.05) is 18.9 Å². The van der Waals surface area contributed by atoms with Crippen LogP contribution in [0.5, 0.6) is 0 Å². The topological polar surface area (TPSA) is 73.1 Å². The first kappa shape index (κ1) is 11.9. The van der Waals surface area contributed by atoms with Crippen LogP contribution in [0.4, 0.5) is 5.82 Å². The van der Waals surface area contributed by atoms with Gasteiger partial charge in [-0.2, -0.15) is 0 Å². The molecule has 15 heavy (non-hydrogen) atoms. The highest BCUT2D eigenvalue weighted by Gasteiger charge is 2.18. The van der Waals surface area contributed by atoms with Gasteiger partial charge in [0.25, 0.3) is 0 Å². The van der Waals surface area contributed by atoms with E-state index in [-0.39, 0.29) is 6.10 Å². The summed E-state index contributed by atoms with van der Waals surface area (Å²) in [4.78, 5) is 8.61. The lowest BCUT2D eigenvalue weighted by molar-refractivity contribution is 0.0574. The standard InChI is InChI=1S/C10H18N4O/c1-6(2)9(15-4)10-12-7(3)5-8(13-10)14-11/h5-6,9H,11H2,1-4H3,(H,12,13,14). The van der Waals surface area contributed by atoms with Crippen LogP contribution in [-0.2, 0) is 4.74 Å². The molecule has 0 spiro atoms. The molecule has 0 aliphatic rings. The van der Waals surface area contributed by atoms with Crippen molar-refractivity contribution in [1.82, 2.24) is 9.97 Å². The van der Waals surface area contributed by atoms with Crippen molar-refractivity contribution < 1.29 is 4.74 Å². The molecular weight excluding hydrogens is 192 g/mol. The molecule has 0 radical (unpaired) electrons. The van der Waals surface area contributed by atoms with Crippen LogP contribution in [0.2, 0.25) is 0 Å². The van der Waals surface area contributed by atoms with Gasteiger partial charge in [0.15, 0.2) is 5.82 Å². The molecule has 0 aromatic carbocycles. The molecule has 0 amide bonds. The summed E-state index contributed by atoms with van der Waals surface area (Å²) in [5, 5.41) is 0. The van der Waals surface area contributed by atoms with E-state index < -0.39 is 0 Å². The van der Waals surface area contributed by atoms with Crippen molar-refractivity contribution >= 4 is 5.82 Å². The van der Waals surface area contributed by atoms with Crippen molar-refractivity contribution in [3.8, 4) is 0 Å². The molecule has 0 fully saturated rings. The number of nitrogens with zero attached hydrogens (tertiary/aromatic N) is 2. The highest BCUT2D eigenvalue weighted by Crippen LogP contribution is 2.22. The van der Waals surface area contributed by atoms with Gasteiger partial charge in [0.05, 0.1) is 0 Å². The lowest BCUT2D eigenvalue weighted by atomic mass is 10.1. The third-order valence-electron chi connectivity index (χ3n) is 2.13. The summed E-state index contributed by atoms with van der Waals surface area (Å²) in [6.07, 6.45) is -0.100. The smallest absolute Gasteiger partial charge is 0.160 e. The number of nitrogens with two attached hydrogens (primary N) is 1. The Hall–Kier alpha value is -1.20. The number of ether oxygens (including phenoxy) is 1. The average molecular weight is 210 g/mol. The highest BCUT2D eigenvalue weighted by molar-refractivity contribution is 5.34. The molecule has 1 atom stereocenters. The van der Waals surface area contributed by atoms with E-state index in [9.17, 15) is 0 Å². The normalized spacial score (nSPS) is 12.9. The van der Waals surface area contributed by atoms with Gasteiger partial charge in [-0.3, -0.25) is 0 Å². The van der Waals surface area contributed by atoms with Crippen LogP contribution in [-0.4, -0.2) is 17.1 Å². The maximum Gasteiger partial charge on any atom is 0.160 e. The maximum atomic E-state index is 5.36. The summed E-state index contributed by atoms with van der Waals surface area (Å²) in [6.45, 7) is 6.03. The molecule has 0 bridgehead atoms. The zero-order chi connectivity index (χ0) is 11.4. The van der Waals surface area contributed by atoms with Crippen molar-refractivity contribution in [2.75, 3.05) is 12.5 Å². The fourth-order valence-corrected chi connectivity index (χ4v) is 1.47. The minimum absolute atomic E-state index is 0.100. The summed E-state index contributed by atoms with van der Waals surface area (Å²) in [5.41, 5.74) is 3.39. The van der Waals surface area contributed by atoms with Gasteiger partial charge >= 0.3 is 0 Å². The first-order chi connectivity index (χ1) is 7.08. The molecule has 3 N–H and O–H groups in total. The van der Waals surface area contributed by atoms with Crippen LogP contribution in [0.15, 0.2) is 6.07 Å². The van der Waals surface area contributed by atoms with E-state index in [1.807, 2.05) is 6.92 Å². The molecule has 1 unspecified atom stereocenters. The average Bonchev–Trinajstić information content (AvgIpc) is 2.17. The third-order valence-corrected chi connectivity index (χ3v) is 2.13. The zero-order valence-electron chi connectivity index (χ0n) is 9.61. The summed E-state index contributed by atoms with van der Waals surface area (Å²) in [7, 11) is 1.66. The van der Waals surface area contributed by atoms with Crippen LogP contribution in [0.25, 0.3) is 0 Å². The summed E-state index contributed by atoms with van der Waals surface area (Å²) in [6, 6.07) is 1.79. The van der Waals surface area contributed by atoms with E-state index in [0.29, 0.717) is 17.6 Å². The minimum atomic E-state index is -0.100. The van der Waals surface area contributed by atoms with Gasteiger partial charge < -0.3 is 10.2 Å². The fourth-order valence-electron chi connectivity index (χ4n) is 1.47. The molecule has 1 aromatic heterocycles. The third kappa shape index (κ3) is 2.87. The molecule has 1 rings (SSSR count). The number of rotatable bonds is 4. The van der Waals surface area contributed by atoms with Crippen LogP contribution < -0.4 is 11.3 Å². The minimum Gasteiger partial charge on any atom is -0.373 e. The first-order valence-corrected chi connectivity index (χ1v) is 4.93. The van der Waals surface area contributed by atoms with Crippen LogP contribution in [0, 0.1) is 12.8 Å². The Labute approximate surface area is 90.0 Å². The second-order valence-corrected chi connectivity index (χ2v) is 3.80. The molecule has 1 aromatic rings. The van der Waals surface area contributed by atoms with Crippen molar-refractivity contribution in [2.45, 2.75) is 26.9 Å². The van der Waals surface area contributed by atoms with Gasteiger partial charge in [-0.1, -0.05) is 13.8 Å². The molecular formula is C10H18N4O. The number of nitrogens with one attached hydrogen (secondary N) is 1. The molecule has 0 aliphatic heterocycles. The van der Waals surface area contributed by atoms with E-state index in [1.54, 1.807) is 13.2 Å². The van der Waals surface area contributed by atoms with Gasteiger partial charge in [-0.25, -0.2) is 15.8 Å². The molecule has 0 saturated carbocycles. The molecule has 5 heteroatoms. The second-order valence-electron chi connectivity index (χ2n) is 3.80. The molecule has 1 heterocycles.